The fourth-order valence-electron chi connectivity index (χ4n) is 1.66. The summed E-state index contributed by atoms with van der Waals surface area (Å²) < 4.78 is 0. The first-order valence-electron chi connectivity index (χ1n) is 6.34. The van der Waals surface area contributed by atoms with E-state index in [1.807, 2.05) is 27.9 Å². The number of amides is 1. The zero-order valence-corrected chi connectivity index (χ0v) is 12.2. The monoisotopic (exact) mass is 243 g/mol. The first-order valence-corrected chi connectivity index (χ1v) is 6.34. The Hall–Kier alpha value is -0.610. The van der Waals surface area contributed by atoms with Gasteiger partial charge in [-0.2, -0.15) is 0 Å². The van der Waals surface area contributed by atoms with Crippen LogP contribution in [0.2, 0.25) is 0 Å². The molecule has 4 heteroatoms. The van der Waals surface area contributed by atoms with Gasteiger partial charge in [-0.3, -0.25) is 4.79 Å². The molecule has 0 bridgehead atoms. The van der Waals surface area contributed by atoms with Gasteiger partial charge < -0.3 is 16.0 Å². The van der Waals surface area contributed by atoms with Crippen molar-refractivity contribution in [2.24, 2.45) is 17.1 Å². The van der Waals surface area contributed by atoms with Crippen LogP contribution in [0, 0.1) is 11.3 Å². The van der Waals surface area contributed by atoms with Crippen molar-refractivity contribution in [1.29, 1.82) is 0 Å². The van der Waals surface area contributed by atoms with E-state index in [1.54, 1.807) is 0 Å². The van der Waals surface area contributed by atoms with Gasteiger partial charge in [0.1, 0.15) is 0 Å². The highest BCUT2D eigenvalue weighted by Gasteiger charge is 2.28. The van der Waals surface area contributed by atoms with Gasteiger partial charge in [-0.05, 0) is 40.3 Å². The molecule has 0 aromatic carbocycles. The maximum absolute atomic E-state index is 12.1. The zero-order chi connectivity index (χ0) is 13.6. The molecule has 0 aromatic heterocycles. The molecule has 0 aliphatic carbocycles. The molecule has 0 radical (unpaired) electrons. The lowest BCUT2D eigenvalue weighted by Crippen LogP contribution is -2.49. The highest BCUT2D eigenvalue weighted by Crippen LogP contribution is 2.14. The van der Waals surface area contributed by atoms with Gasteiger partial charge in [0.2, 0.25) is 5.91 Å². The van der Waals surface area contributed by atoms with Crippen LogP contribution in [0.25, 0.3) is 0 Å². The molecule has 4 nitrogen and oxygen atoms in total. The molecule has 0 aliphatic rings. The molecule has 1 atom stereocenters. The molecule has 3 N–H and O–H groups in total. The van der Waals surface area contributed by atoms with E-state index < -0.39 is 5.41 Å². The van der Waals surface area contributed by atoms with Crippen LogP contribution in [0.1, 0.15) is 34.1 Å². The third-order valence-electron chi connectivity index (χ3n) is 2.80. The Morgan fingerprint density at radius 2 is 1.88 bits per heavy atom. The summed E-state index contributed by atoms with van der Waals surface area (Å²) in [5, 5.41) is 3.11. The molecule has 1 unspecified atom stereocenters. The normalized spacial score (nSPS) is 14.2. The fraction of sp³-hybridized carbons (Fsp3) is 0.923. The SMILES string of the molecule is CC(C)CC(CN(C)C)NC(=O)C(C)(C)CN. The largest absolute Gasteiger partial charge is 0.352 e. The van der Waals surface area contributed by atoms with Gasteiger partial charge in [-0.15, -0.1) is 0 Å². The van der Waals surface area contributed by atoms with Crippen molar-refractivity contribution in [3.05, 3.63) is 0 Å². The van der Waals surface area contributed by atoms with Crippen LogP contribution in [0.15, 0.2) is 0 Å². The van der Waals surface area contributed by atoms with Crippen LogP contribution in [-0.2, 0) is 4.79 Å². The van der Waals surface area contributed by atoms with E-state index in [4.69, 9.17) is 5.73 Å². The Bertz CT molecular complexity index is 227. The minimum atomic E-state index is -0.485. The van der Waals surface area contributed by atoms with Gasteiger partial charge in [0.05, 0.1) is 5.41 Å². The average molecular weight is 243 g/mol. The van der Waals surface area contributed by atoms with Gasteiger partial charge in [0.15, 0.2) is 0 Å². The summed E-state index contributed by atoms with van der Waals surface area (Å²) in [6, 6.07) is 0.198. The molecule has 0 rings (SSSR count). The van der Waals surface area contributed by atoms with Gasteiger partial charge in [0, 0.05) is 19.1 Å². The molecule has 0 aliphatic heterocycles. The van der Waals surface area contributed by atoms with Crippen LogP contribution in [0.3, 0.4) is 0 Å². The van der Waals surface area contributed by atoms with Gasteiger partial charge in [-0.25, -0.2) is 0 Å². The lowest BCUT2D eigenvalue weighted by molar-refractivity contribution is -0.129. The van der Waals surface area contributed by atoms with Crippen molar-refractivity contribution in [2.75, 3.05) is 27.2 Å². The van der Waals surface area contributed by atoms with Gasteiger partial charge in [-0.1, -0.05) is 13.8 Å². The number of nitrogens with two attached hydrogens (primary N) is 1. The van der Waals surface area contributed by atoms with Crippen LogP contribution >= 0.6 is 0 Å². The molecule has 0 heterocycles. The molecule has 17 heavy (non-hydrogen) atoms. The first kappa shape index (κ1) is 16.4. The number of nitrogens with one attached hydrogen (secondary N) is 1. The third kappa shape index (κ3) is 6.64. The van der Waals surface area contributed by atoms with Crippen LogP contribution in [-0.4, -0.2) is 44.0 Å². The minimum Gasteiger partial charge on any atom is -0.352 e. The minimum absolute atomic E-state index is 0.0486. The van der Waals surface area contributed by atoms with Crippen molar-refractivity contribution in [1.82, 2.24) is 10.2 Å². The smallest absolute Gasteiger partial charge is 0.227 e. The zero-order valence-electron chi connectivity index (χ0n) is 12.2. The summed E-state index contributed by atoms with van der Waals surface area (Å²) in [4.78, 5) is 14.2. The second-order valence-corrected chi connectivity index (χ2v) is 6.15. The number of carbonyl (C=O) groups is 1. The van der Waals surface area contributed by atoms with E-state index in [0.717, 1.165) is 13.0 Å². The van der Waals surface area contributed by atoms with Crippen molar-refractivity contribution >= 4 is 5.91 Å². The second-order valence-electron chi connectivity index (χ2n) is 6.15. The quantitative estimate of drug-likeness (QED) is 0.703. The van der Waals surface area contributed by atoms with Crippen molar-refractivity contribution < 1.29 is 4.79 Å². The van der Waals surface area contributed by atoms with E-state index >= 15 is 0 Å². The number of likely N-dealkylation sites (N-methyl/N-ethyl adjacent to an activating group) is 1. The van der Waals surface area contributed by atoms with Gasteiger partial charge in [0.25, 0.3) is 0 Å². The average Bonchev–Trinajstić information content (AvgIpc) is 2.15. The molecule has 0 fully saturated rings. The summed E-state index contributed by atoms with van der Waals surface area (Å²) in [5.41, 5.74) is 5.13. The highest BCUT2D eigenvalue weighted by molar-refractivity contribution is 5.82. The lowest BCUT2D eigenvalue weighted by Gasteiger charge is -2.28. The van der Waals surface area contributed by atoms with E-state index in [1.165, 1.54) is 0 Å². The molecule has 1 amide bonds. The number of hydrogen-bond donors (Lipinski definition) is 2. The van der Waals surface area contributed by atoms with Crippen LogP contribution < -0.4 is 11.1 Å². The summed E-state index contributed by atoms with van der Waals surface area (Å²) in [7, 11) is 4.04. The third-order valence-corrected chi connectivity index (χ3v) is 2.80. The Labute approximate surface area is 106 Å². The standard InChI is InChI=1S/C13H29N3O/c1-10(2)7-11(8-16(5)6)15-12(17)13(3,4)9-14/h10-11H,7-9,14H2,1-6H3,(H,15,17). The maximum atomic E-state index is 12.1. The first-order chi connectivity index (χ1) is 7.69. The summed E-state index contributed by atoms with van der Waals surface area (Å²) >= 11 is 0. The molecule has 0 spiro atoms. The molecular weight excluding hydrogens is 214 g/mol. The molecule has 0 aromatic rings. The predicted octanol–water partition coefficient (Wildman–Crippen LogP) is 1.06. The number of carbonyl (C=O) groups excluding carboxylic acids is 1. The molecule has 0 saturated carbocycles. The van der Waals surface area contributed by atoms with E-state index in [9.17, 15) is 4.79 Å². The Morgan fingerprint density at radius 1 is 1.35 bits per heavy atom. The summed E-state index contributed by atoms with van der Waals surface area (Å²) in [6.07, 6.45) is 0.991. The lowest BCUT2D eigenvalue weighted by atomic mass is 9.91. The predicted molar refractivity (Wildman–Crippen MR) is 72.8 cm³/mol. The summed E-state index contributed by atoms with van der Waals surface area (Å²) in [5.74, 6) is 0.619. The maximum Gasteiger partial charge on any atom is 0.227 e. The van der Waals surface area contributed by atoms with Crippen molar-refractivity contribution in [2.45, 2.75) is 40.2 Å². The Balaban J connectivity index is 4.47. The van der Waals surface area contributed by atoms with Crippen molar-refractivity contribution in [3.8, 4) is 0 Å². The van der Waals surface area contributed by atoms with Crippen LogP contribution in [0.5, 0.6) is 0 Å². The van der Waals surface area contributed by atoms with Gasteiger partial charge >= 0.3 is 0 Å². The molecule has 102 valence electrons. The van der Waals surface area contributed by atoms with Crippen LogP contribution in [0.4, 0.5) is 0 Å². The molecular formula is C13H29N3O. The highest BCUT2D eigenvalue weighted by atomic mass is 16.2. The summed E-state index contributed by atoms with van der Waals surface area (Å²) in [6.45, 7) is 9.33. The topological polar surface area (TPSA) is 58.4 Å². The van der Waals surface area contributed by atoms with E-state index in [0.29, 0.717) is 12.5 Å². The van der Waals surface area contributed by atoms with Crippen molar-refractivity contribution in [3.63, 3.8) is 0 Å². The van der Waals surface area contributed by atoms with E-state index in [2.05, 4.69) is 24.1 Å². The Morgan fingerprint density at radius 3 is 2.24 bits per heavy atom. The second kappa shape index (κ2) is 6.97. The Kier molecular flexibility index (Phi) is 6.72. The van der Waals surface area contributed by atoms with E-state index in [-0.39, 0.29) is 11.9 Å². The molecule has 0 saturated heterocycles. The number of hydrogen-bond acceptors (Lipinski definition) is 3. The fourth-order valence-corrected chi connectivity index (χ4v) is 1.66. The number of nitrogens with zero attached hydrogens (tertiary/aromatic N) is 1. The number of rotatable bonds is 7.